The molecule has 2 nitrogen and oxygen atoms in total. The first-order valence-corrected chi connectivity index (χ1v) is 4.89. The summed E-state index contributed by atoms with van der Waals surface area (Å²) in [6, 6.07) is 4.99. The van der Waals surface area contributed by atoms with Crippen LogP contribution in [0, 0.1) is 12.3 Å². The van der Waals surface area contributed by atoms with E-state index >= 15 is 0 Å². The molecule has 0 saturated heterocycles. The molecule has 0 aliphatic carbocycles. The first-order chi connectivity index (χ1) is 7.06. The third kappa shape index (κ3) is 2.89. The van der Waals surface area contributed by atoms with E-state index in [1.54, 1.807) is 18.2 Å². The molecule has 0 heterocycles. The third-order valence-electron chi connectivity index (χ3n) is 1.70. The minimum Gasteiger partial charge on any atom is -0.444 e. The number of esters is 1. The van der Waals surface area contributed by atoms with Gasteiger partial charge >= 0.3 is 5.97 Å². The highest BCUT2D eigenvalue weighted by Crippen LogP contribution is 2.31. The Morgan fingerprint density at radius 2 is 2.20 bits per heavy atom. The Balaban J connectivity index is 3.08. The van der Waals surface area contributed by atoms with E-state index in [9.17, 15) is 4.79 Å². The molecule has 1 rings (SSSR count). The maximum atomic E-state index is 10.8. The largest absolute Gasteiger partial charge is 0.444 e. The summed E-state index contributed by atoms with van der Waals surface area (Å²) >= 11 is 11.7. The highest BCUT2D eigenvalue weighted by molar-refractivity contribution is 6.42. The molecule has 0 aliphatic rings. The number of carbonyl (C=O) groups is 1. The van der Waals surface area contributed by atoms with Gasteiger partial charge in [0, 0.05) is 12.5 Å². The average molecular weight is 243 g/mol. The summed E-state index contributed by atoms with van der Waals surface area (Å²) in [5.74, 6) is 1.87. The van der Waals surface area contributed by atoms with E-state index in [0.717, 1.165) is 0 Å². The Morgan fingerprint density at radius 3 is 2.73 bits per heavy atom. The predicted octanol–water partition coefficient (Wildman–Crippen LogP) is 3.23. The molecular weight excluding hydrogens is 235 g/mol. The maximum Gasteiger partial charge on any atom is 0.304 e. The number of halogens is 2. The van der Waals surface area contributed by atoms with Crippen molar-refractivity contribution in [3.8, 4) is 12.3 Å². The van der Waals surface area contributed by atoms with Crippen molar-refractivity contribution >= 4 is 29.2 Å². The van der Waals surface area contributed by atoms with Gasteiger partial charge in [0.05, 0.1) is 10.0 Å². The van der Waals surface area contributed by atoms with Gasteiger partial charge < -0.3 is 4.74 Å². The summed E-state index contributed by atoms with van der Waals surface area (Å²) < 4.78 is 4.90. The van der Waals surface area contributed by atoms with Crippen LogP contribution in [0.4, 0.5) is 0 Å². The Kier molecular flexibility index (Phi) is 4.02. The highest BCUT2D eigenvalue weighted by Gasteiger charge is 2.16. The fourth-order valence-electron chi connectivity index (χ4n) is 1.08. The fraction of sp³-hybridized carbons (Fsp3) is 0.182. The molecule has 0 radical (unpaired) electrons. The normalized spacial score (nSPS) is 11.6. The van der Waals surface area contributed by atoms with E-state index in [2.05, 4.69) is 5.92 Å². The van der Waals surface area contributed by atoms with E-state index in [1.807, 2.05) is 0 Å². The molecule has 0 spiro atoms. The molecule has 0 aromatic heterocycles. The molecule has 15 heavy (non-hydrogen) atoms. The van der Waals surface area contributed by atoms with Crippen molar-refractivity contribution in [2.75, 3.05) is 0 Å². The van der Waals surface area contributed by atoms with E-state index in [1.165, 1.54) is 6.92 Å². The Morgan fingerprint density at radius 1 is 1.53 bits per heavy atom. The first-order valence-electron chi connectivity index (χ1n) is 4.13. The number of carbonyl (C=O) groups excluding carboxylic acids is 1. The lowest BCUT2D eigenvalue weighted by molar-refractivity contribution is -0.144. The summed E-state index contributed by atoms with van der Waals surface area (Å²) in [5.41, 5.74) is 0.516. The van der Waals surface area contributed by atoms with Crippen molar-refractivity contribution < 1.29 is 9.53 Å². The summed E-state index contributed by atoms with van der Waals surface area (Å²) in [6.45, 7) is 1.28. The predicted molar refractivity (Wildman–Crippen MR) is 59.8 cm³/mol. The Labute approximate surface area is 98.1 Å². The van der Waals surface area contributed by atoms with Crippen molar-refractivity contribution in [3.63, 3.8) is 0 Å². The zero-order valence-electron chi connectivity index (χ0n) is 7.96. The van der Waals surface area contributed by atoms with Crippen LogP contribution in [0.5, 0.6) is 0 Å². The summed E-state index contributed by atoms with van der Waals surface area (Å²) in [4.78, 5) is 10.8. The molecule has 1 aromatic rings. The maximum absolute atomic E-state index is 10.8. The van der Waals surface area contributed by atoms with Crippen molar-refractivity contribution in [1.29, 1.82) is 0 Å². The molecule has 1 aromatic carbocycles. The van der Waals surface area contributed by atoms with Gasteiger partial charge in [-0.3, -0.25) is 4.79 Å². The zero-order valence-corrected chi connectivity index (χ0v) is 9.47. The van der Waals surface area contributed by atoms with E-state index < -0.39 is 12.1 Å². The SMILES string of the molecule is C#CC(OC(C)=O)c1cccc(Cl)c1Cl. The molecule has 4 heteroatoms. The minimum absolute atomic E-state index is 0.309. The van der Waals surface area contributed by atoms with Crippen LogP contribution in [0.3, 0.4) is 0 Å². The first kappa shape index (κ1) is 11.9. The molecular formula is C11H8Cl2O2. The topological polar surface area (TPSA) is 26.3 Å². The van der Waals surface area contributed by atoms with Gasteiger partial charge in [-0.25, -0.2) is 0 Å². The number of hydrogen-bond donors (Lipinski definition) is 0. The van der Waals surface area contributed by atoms with Crippen LogP contribution in [-0.2, 0) is 9.53 Å². The Bertz CT molecular complexity index is 421. The number of rotatable bonds is 2. The lowest BCUT2D eigenvalue weighted by Gasteiger charge is -2.13. The molecule has 0 aliphatic heterocycles. The number of terminal acetylenes is 1. The Hall–Kier alpha value is -1.17. The van der Waals surface area contributed by atoms with Gasteiger partial charge in [0.1, 0.15) is 0 Å². The minimum atomic E-state index is -0.798. The van der Waals surface area contributed by atoms with Crippen LogP contribution in [-0.4, -0.2) is 5.97 Å². The number of hydrogen-bond acceptors (Lipinski definition) is 2. The second kappa shape index (κ2) is 5.06. The van der Waals surface area contributed by atoms with Crippen molar-refractivity contribution in [2.24, 2.45) is 0 Å². The third-order valence-corrected chi connectivity index (χ3v) is 2.53. The van der Waals surface area contributed by atoms with Gasteiger partial charge in [-0.15, -0.1) is 6.42 Å². The lowest BCUT2D eigenvalue weighted by Crippen LogP contribution is -2.07. The second-order valence-electron chi connectivity index (χ2n) is 2.80. The quantitative estimate of drug-likeness (QED) is 0.588. The lowest BCUT2D eigenvalue weighted by atomic mass is 10.1. The summed E-state index contributed by atoms with van der Waals surface area (Å²) in [7, 11) is 0. The van der Waals surface area contributed by atoms with Gasteiger partial charge in [-0.2, -0.15) is 0 Å². The van der Waals surface area contributed by atoms with E-state index in [0.29, 0.717) is 15.6 Å². The molecule has 1 atom stereocenters. The van der Waals surface area contributed by atoms with Crippen molar-refractivity contribution in [3.05, 3.63) is 33.8 Å². The second-order valence-corrected chi connectivity index (χ2v) is 3.58. The highest BCUT2D eigenvalue weighted by atomic mass is 35.5. The van der Waals surface area contributed by atoms with Crippen LogP contribution in [0.25, 0.3) is 0 Å². The van der Waals surface area contributed by atoms with Gasteiger partial charge in [-0.1, -0.05) is 41.3 Å². The standard InChI is InChI=1S/C11H8Cl2O2/c1-3-10(15-7(2)14)8-5-4-6-9(12)11(8)13/h1,4-6,10H,2H3. The van der Waals surface area contributed by atoms with Crippen molar-refractivity contribution in [1.82, 2.24) is 0 Å². The van der Waals surface area contributed by atoms with Crippen LogP contribution < -0.4 is 0 Å². The smallest absolute Gasteiger partial charge is 0.304 e. The summed E-state index contributed by atoms with van der Waals surface area (Å²) in [6.07, 6.45) is 4.45. The van der Waals surface area contributed by atoms with Crippen LogP contribution in [0.15, 0.2) is 18.2 Å². The molecule has 0 amide bonds. The molecule has 0 fully saturated rings. The average Bonchev–Trinajstić information content (AvgIpc) is 2.19. The van der Waals surface area contributed by atoms with Crippen LogP contribution in [0.1, 0.15) is 18.6 Å². The van der Waals surface area contributed by atoms with Crippen LogP contribution in [0.2, 0.25) is 10.0 Å². The van der Waals surface area contributed by atoms with Gasteiger partial charge in [0.2, 0.25) is 0 Å². The van der Waals surface area contributed by atoms with E-state index in [4.69, 9.17) is 34.4 Å². The monoisotopic (exact) mass is 242 g/mol. The summed E-state index contributed by atoms with van der Waals surface area (Å²) in [5, 5.41) is 0.685. The number of benzene rings is 1. The zero-order chi connectivity index (χ0) is 11.4. The van der Waals surface area contributed by atoms with E-state index in [-0.39, 0.29) is 0 Å². The molecule has 0 saturated carbocycles. The molecule has 1 unspecified atom stereocenters. The molecule has 78 valence electrons. The molecule has 0 bridgehead atoms. The fourth-order valence-corrected chi connectivity index (χ4v) is 1.48. The molecule has 0 N–H and O–H groups in total. The van der Waals surface area contributed by atoms with Gasteiger partial charge in [-0.05, 0) is 6.07 Å². The van der Waals surface area contributed by atoms with Crippen LogP contribution >= 0.6 is 23.2 Å². The van der Waals surface area contributed by atoms with Crippen molar-refractivity contribution in [2.45, 2.75) is 13.0 Å². The van der Waals surface area contributed by atoms with Gasteiger partial charge in [0.25, 0.3) is 0 Å². The van der Waals surface area contributed by atoms with Gasteiger partial charge in [0.15, 0.2) is 6.10 Å². The number of ether oxygens (including phenoxy) is 1.